The van der Waals surface area contributed by atoms with Crippen molar-refractivity contribution in [1.29, 1.82) is 0 Å². The number of nitrogens with zero attached hydrogens (tertiary/aromatic N) is 3. The van der Waals surface area contributed by atoms with E-state index in [0.717, 1.165) is 22.3 Å². The Bertz CT molecular complexity index is 1070. The molecule has 3 rings (SSSR count). The lowest BCUT2D eigenvalue weighted by atomic mass is 10.0. The summed E-state index contributed by atoms with van der Waals surface area (Å²) in [5, 5.41) is 11.7. The van der Waals surface area contributed by atoms with Crippen molar-refractivity contribution in [2.75, 3.05) is 12.4 Å². The van der Waals surface area contributed by atoms with Crippen molar-refractivity contribution in [2.45, 2.75) is 46.8 Å². The molecule has 0 unspecified atom stereocenters. The first-order chi connectivity index (χ1) is 14.8. The van der Waals surface area contributed by atoms with Gasteiger partial charge in [0.25, 0.3) is 5.91 Å². The summed E-state index contributed by atoms with van der Waals surface area (Å²) in [6, 6.07) is 7.10. The maximum atomic E-state index is 13.0. The van der Waals surface area contributed by atoms with E-state index in [1.807, 2.05) is 11.6 Å². The van der Waals surface area contributed by atoms with E-state index in [0.29, 0.717) is 30.1 Å². The predicted molar refractivity (Wildman–Crippen MR) is 120 cm³/mol. The van der Waals surface area contributed by atoms with Crippen LogP contribution >= 0.6 is 0 Å². The molecule has 0 aliphatic carbocycles. The Morgan fingerprint density at radius 2 is 1.84 bits per heavy atom. The van der Waals surface area contributed by atoms with E-state index in [9.17, 15) is 9.59 Å². The van der Waals surface area contributed by atoms with E-state index in [4.69, 9.17) is 4.74 Å². The number of fused-ring (bicyclic) bond motifs is 1. The fourth-order valence-corrected chi connectivity index (χ4v) is 3.13. The third-order valence-electron chi connectivity index (χ3n) is 5.41. The van der Waals surface area contributed by atoms with Crippen molar-refractivity contribution in [2.24, 2.45) is 5.92 Å². The second-order valence-corrected chi connectivity index (χ2v) is 7.79. The number of benzene rings is 1. The highest BCUT2D eigenvalue weighted by Crippen LogP contribution is 2.27. The third kappa shape index (κ3) is 4.84. The van der Waals surface area contributed by atoms with E-state index in [2.05, 4.69) is 41.5 Å². The number of aromatic nitrogens is 3. The zero-order valence-electron chi connectivity index (χ0n) is 18.6. The van der Waals surface area contributed by atoms with Gasteiger partial charge in [-0.1, -0.05) is 26.0 Å². The molecule has 0 bridgehead atoms. The zero-order valence-corrected chi connectivity index (χ0v) is 18.6. The minimum atomic E-state index is -0.391. The monoisotopic (exact) mass is 423 g/mol. The highest BCUT2D eigenvalue weighted by molar-refractivity contribution is 6.06. The lowest BCUT2D eigenvalue weighted by Crippen LogP contribution is -2.27. The molecule has 1 atom stereocenters. The van der Waals surface area contributed by atoms with Gasteiger partial charge in [0, 0.05) is 25.3 Å². The van der Waals surface area contributed by atoms with Gasteiger partial charge in [-0.3, -0.25) is 4.79 Å². The van der Waals surface area contributed by atoms with Gasteiger partial charge in [-0.05, 0) is 37.5 Å². The SMILES string of the molecule is CCn1ncc2c(N[C@@H](C)C(C)C)c(C(=O)NCc3ccc(C(=O)OC)cc3)cnc21. The molecule has 3 aromatic rings. The molecule has 1 aromatic carbocycles. The number of hydrogen-bond acceptors (Lipinski definition) is 6. The number of carbonyl (C=O) groups is 2. The molecular weight excluding hydrogens is 394 g/mol. The Balaban J connectivity index is 1.84. The minimum Gasteiger partial charge on any atom is -0.465 e. The van der Waals surface area contributed by atoms with E-state index in [1.54, 1.807) is 36.7 Å². The number of rotatable bonds is 8. The molecule has 1 amide bonds. The Morgan fingerprint density at radius 3 is 2.45 bits per heavy atom. The van der Waals surface area contributed by atoms with Gasteiger partial charge in [-0.2, -0.15) is 5.10 Å². The van der Waals surface area contributed by atoms with Gasteiger partial charge >= 0.3 is 5.97 Å². The normalized spacial score (nSPS) is 12.1. The second kappa shape index (κ2) is 9.59. The number of hydrogen-bond donors (Lipinski definition) is 2. The second-order valence-electron chi connectivity index (χ2n) is 7.79. The van der Waals surface area contributed by atoms with Crippen molar-refractivity contribution >= 4 is 28.6 Å². The molecule has 2 aromatic heterocycles. The van der Waals surface area contributed by atoms with E-state index < -0.39 is 5.97 Å². The number of carbonyl (C=O) groups excluding carboxylic acids is 2. The van der Waals surface area contributed by atoms with Crippen LogP contribution in [0, 0.1) is 5.92 Å². The van der Waals surface area contributed by atoms with E-state index >= 15 is 0 Å². The van der Waals surface area contributed by atoms with Gasteiger partial charge in [-0.15, -0.1) is 0 Å². The summed E-state index contributed by atoms with van der Waals surface area (Å²) in [6.45, 7) is 9.37. The first kappa shape index (κ1) is 22.3. The van der Waals surface area contributed by atoms with Gasteiger partial charge < -0.3 is 15.4 Å². The smallest absolute Gasteiger partial charge is 0.337 e. The summed E-state index contributed by atoms with van der Waals surface area (Å²) in [7, 11) is 1.34. The molecule has 0 spiro atoms. The average Bonchev–Trinajstić information content (AvgIpc) is 3.21. The molecule has 2 N–H and O–H groups in total. The fourth-order valence-electron chi connectivity index (χ4n) is 3.13. The van der Waals surface area contributed by atoms with Crippen LogP contribution in [0.1, 0.15) is 54.0 Å². The molecule has 164 valence electrons. The highest BCUT2D eigenvalue weighted by Gasteiger charge is 2.20. The summed E-state index contributed by atoms with van der Waals surface area (Å²) >= 11 is 0. The lowest BCUT2D eigenvalue weighted by Gasteiger charge is -2.21. The molecule has 0 aliphatic rings. The Kier molecular flexibility index (Phi) is 6.89. The van der Waals surface area contributed by atoms with E-state index in [-0.39, 0.29) is 11.9 Å². The van der Waals surface area contributed by atoms with Crippen LogP contribution in [0.15, 0.2) is 36.7 Å². The number of amides is 1. The summed E-state index contributed by atoms with van der Waals surface area (Å²) in [4.78, 5) is 29.1. The zero-order chi connectivity index (χ0) is 22.5. The summed E-state index contributed by atoms with van der Waals surface area (Å²) in [6.07, 6.45) is 3.35. The highest BCUT2D eigenvalue weighted by atomic mass is 16.5. The summed E-state index contributed by atoms with van der Waals surface area (Å²) < 4.78 is 6.52. The first-order valence-electron chi connectivity index (χ1n) is 10.4. The topological polar surface area (TPSA) is 98.1 Å². The van der Waals surface area contributed by atoms with Crippen molar-refractivity contribution in [1.82, 2.24) is 20.1 Å². The summed E-state index contributed by atoms with van der Waals surface area (Å²) in [5.74, 6) is -0.236. The molecule has 0 saturated carbocycles. The number of methoxy groups -OCH3 is 1. The molecule has 8 nitrogen and oxygen atoms in total. The van der Waals surface area contributed by atoms with E-state index in [1.165, 1.54) is 7.11 Å². The molecule has 8 heteroatoms. The van der Waals surface area contributed by atoms with Gasteiger partial charge in [-0.25, -0.2) is 14.5 Å². The molecule has 0 aliphatic heterocycles. The van der Waals surface area contributed by atoms with Gasteiger partial charge in [0.15, 0.2) is 5.65 Å². The third-order valence-corrected chi connectivity index (χ3v) is 5.41. The van der Waals surface area contributed by atoms with Crippen molar-refractivity contribution in [3.05, 3.63) is 53.3 Å². The van der Waals surface area contributed by atoms with Crippen LogP contribution in [-0.4, -0.2) is 39.8 Å². The van der Waals surface area contributed by atoms with Crippen LogP contribution in [0.25, 0.3) is 11.0 Å². The molecule has 0 fully saturated rings. The van der Waals surface area contributed by atoms with Crippen molar-refractivity contribution in [3.63, 3.8) is 0 Å². The van der Waals surface area contributed by atoms with Gasteiger partial charge in [0.05, 0.1) is 35.5 Å². The first-order valence-corrected chi connectivity index (χ1v) is 10.4. The average molecular weight is 424 g/mol. The van der Waals surface area contributed by atoms with Gasteiger partial charge in [0.1, 0.15) is 0 Å². The largest absolute Gasteiger partial charge is 0.465 e. The van der Waals surface area contributed by atoms with Crippen molar-refractivity contribution in [3.8, 4) is 0 Å². The van der Waals surface area contributed by atoms with Crippen LogP contribution in [0.4, 0.5) is 5.69 Å². The maximum Gasteiger partial charge on any atom is 0.337 e. The van der Waals surface area contributed by atoms with Crippen LogP contribution in [0.3, 0.4) is 0 Å². The van der Waals surface area contributed by atoms with Crippen LogP contribution in [0.2, 0.25) is 0 Å². The number of anilines is 1. The Labute approximate surface area is 182 Å². The van der Waals surface area contributed by atoms with Crippen LogP contribution in [-0.2, 0) is 17.8 Å². The number of aryl methyl sites for hydroxylation is 1. The van der Waals surface area contributed by atoms with Crippen LogP contribution < -0.4 is 10.6 Å². The maximum absolute atomic E-state index is 13.0. The minimum absolute atomic E-state index is 0.160. The number of pyridine rings is 1. The number of nitrogens with one attached hydrogen (secondary N) is 2. The predicted octanol–water partition coefficient (Wildman–Crippen LogP) is 3.62. The standard InChI is InChI=1S/C23H29N5O3/c1-6-28-21-18(13-26-28)20(27-15(4)14(2)3)19(12-24-21)22(29)25-11-16-7-9-17(10-8-16)23(30)31-5/h7-10,12-15H,6,11H2,1-5H3,(H,24,27)(H,25,29)/t15-/m0/s1. The van der Waals surface area contributed by atoms with Crippen molar-refractivity contribution < 1.29 is 14.3 Å². The Hall–Kier alpha value is -3.42. The quantitative estimate of drug-likeness (QED) is 0.537. The van der Waals surface area contributed by atoms with Crippen LogP contribution in [0.5, 0.6) is 0 Å². The number of ether oxygens (including phenoxy) is 1. The molecule has 2 heterocycles. The molecule has 0 radical (unpaired) electrons. The fraction of sp³-hybridized carbons (Fsp3) is 0.391. The number of esters is 1. The Morgan fingerprint density at radius 1 is 1.13 bits per heavy atom. The summed E-state index contributed by atoms with van der Waals surface area (Å²) in [5.41, 5.74) is 3.30. The molecule has 0 saturated heterocycles. The molecule has 31 heavy (non-hydrogen) atoms. The molecular formula is C23H29N5O3. The lowest BCUT2D eigenvalue weighted by molar-refractivity contribution is 0.0600. The van der Waals surface area contributed by atoms with Gasteiger partial charge in [0.2, 0.25) is 0 Å².